The predicted octanol–water partition coefficient (Wildman–Crippen LogP) is 0.756. The zero-order valence-electron chi connectivity index (χ0n) is 7.80. The van der Waals surface area contributed by atoms with Crippen LogP contribution in [0.25, 0.3) is 0 Å². The van der Waals surface area contributed by atoms with Crippen molar-refractivity contribution >= 4 is 8.80 Å². The number of rotatable bonds is 3. The van der Waals surface area contributed by atoms with E-state index in [2.05, 4.69) is 4.43 Å². The van der Waals surface area contributed by atoms with E-state index in [1.54, 1.807) is 0 Å². The highest BCUT2D eigenvalue weighted by Gasteiger charge is 2.34. The van der Waals surface area contributed by atoms with Crippen molar-refractivity contribution in [3.8, 4) is 0 Å². The largest absolute Gasteiger partial charge is 0.500 e. The average molecular weight is 238 g/mol. The molecule has 0 heterocycles. The second-order valence-electron chi connectivity index (χ2n) is 2.97. The second kappa shape index (κ2) is 4.31. The van der Waals surface area contributed by atoms with Crippen LogP contribution in [0, 0.1) is 17.5 Å². The highest BCUT2D eigenvalue weighted by molar-refractivity contribution is 6.57. The van der Waals surface area contributed by atoms with Crippen LogP contribution in [0.3, 0.4) is 0 Å². The molecule has 1 rings (SSSR count). The Balaban J connectivity index is 3.05. The van der Waals surface area contributed by atoms with Crippen molar-refractivity contribution in [2.45, 2.75) is 6.04 Å². The van der Waals surface area contributed by atoms with E-state index < -0.39 is 37.9 Å². The van der Waals surface area contributed by atoms with Crippen molar-refractivity contribution in [1.29, 1.82) is 0 Å². The fraction of sp³-hybridized carbons (Fsp3) is 0.250. The van der Waals surface area contributed by atoms with Gasteiger partial charge in [-0.3, -0.25) is 0 Å². The van der Waals surface area contributed by atoms with E-state index in [9.17, 15) is 13.2 Å². The van der Waals surface area contributed by atoms with Gasteiger partial charge in [0.25, 0.3) is 0 Å². The summed E-state index contributed by atoms with van der Waals surface area (Å²) < 4.78 is 42.9. The van der Waals surface area contributed by atoms with E-state index in [4.69, 9.17) is 9.59 Å². The van der Waals surface area contributed by atoms with Crippen molar-refractivity contribution in [3.05, 3.63) is 35.1 Å². The van der Waals surface area contributed by atoms with Gasteiger partial charge in [0.05, 0.1) is 0 Å². The van der Waals surface area contributed by atoms with Crippen LogP contribution in [0.15, 0.2) is 12.1 Å². The monoisotopic (exact) mass is 238 g/mol. The SMILES string of the molecule is CO[Si](O)(O)Cc1c(F)cc(F)cc1F. The van der Waals surface area contributed by atoms with E-state index >= 15 is 0 Å². The van der Waals surface area contributed by atoms with E-state index in [1.165, 1.54) is 0 Å². The van der Waals surface area contributed by atoms with Crippen molar-refractivity contribution in [1.82, 2.24) is 0 Å². The molecular formula is C8H9F3O3Si. The maximum atomic E-state index is 13.0. The van der Waals surface area contributed by atoms with E-state index in [-0.39, 0.29) is 0 Å². The molecule has 0 bridgehead atoms. The van der Waals surface area contributed by atoms with Gasteiger partial charge in [0, 0.05) is 30.9 Å². The molecule has 0 saturated heterocycles. The third-order valence-corrected chi connectivity index (χ3v) is 3.31. The highest BCUT2D eigenvalue weighted by Crippen LogP contribution is 2.18. The molecular weight excluding hydrogens is 229 g/mol. The van der Waals surface area contributed by atoms with Gasteiger partial charge in [0.1, 0.15) is 17.5 Å². The molecule has 1 aromatic rings. The third-order valence-electron chi connectivity index (χ3n) is 1.84. The molecule has 15 heavy (non-hydrogen) atoms. The first-order valence-corrected chi connectivity index (χ1v) is 6.00. The first kappa shape index (κ1) is 12.2. The van der Waals surface area contributed by atoms with Crippen LogP contribution in [0.5, 0.6) is 0 Å². The van der Waals surface area contributed by atoms with Crippen molar-refractivity contribution in [3.63, 3.8) is 0 Å². The maximum absolute atomic E-state index is 13.0. The molecule has 0 aromatic heterocycles. The molecule has 1 aromatic carbocycles. The molecule has 0 aliphatic carbocycles. The quantitative estimate of drug-likeness (QED) is 0.764. The molecule has 0 atom stereocenters. The Morgan fingerprint density at radius 2 is 1.67 bits per heavy atom. The zero-order valence-corrected chi connectivity index (χ0v) is 8.80. The lowest BCUT2D eigenvalue weighted by Gasteiger charge is -2.15. The Labute approximate surface area is 85.1 Å². The Hall–Kier alpha value is -0.893. The van der Waals surface area contributed by atoms with Crippen LogP contribution in [-0.2, 0) is 10.5 Å². The van der Waals surface area contributed by atoms with Gasteiger partial charge >= 0.3 is 8.80 Å². The minimum absolute atomic E-state index is 0.471. The summed E-state index contributed by atoms with van der Waals surface area (Å²) in [5, 5.41) is 0. The predicted molar refractivity (Wildman–Crippen MR) is 47.2 cm³/mol. The summed E-state index contributed by atoms with van der Waals surface area (Å²) in [6.07, 6.45) is 0. The van der Waals surface area contributed by atoms with Crippen molar-refractivity contribution in [2.24, 2.45) is 0 Å². The first-order valence-electron chi connectivity index (χ1n) is 3.99. The van der Waals surface area contributed by atoms with E-state index in [0.29, 0.717) is 12.1 Å². The van der Waals surface area contributed by atoms with Crippen LogP contribution < -0.4 is 0 Å². The van der Waals surface area contributed by atoms with Gasteiger partial charge < -0.3 is 14.0 Å². The van der Waals surface area contributed by atoms with Gasteiger partial charge in [0.2, 0.25) is 0 Å². The summed E-state index contributed by atoms with van der Waals surface area (Å²) in [4.78, 5) is 18.3. The van der Waals surface area contributed by atoms with Crippen molar-refractivity contribution < 1.29 is 27.2 Å². The standard InChI is InChI=1S/C8H9F3O3Si/c1-14-15(12,13)4-6-7(10)2-5(9)3-8(6)11/h2-3,12-13H,4H2,1H3. The van der Waals surface area contributed by atoms with Gasteiger partial charge in [-0.1, -0.05) is 0 Å². The number of hydrogen-bond acceptors (Lipinski definition) is 3. The molecule has 0 fully saturated rings. The Morgan fingerprint density at radius 1 is 1.20 bits per heavy atom. The fourth-order valence-electron chi connectivity index (χ4n) is 1.04. The van der Waals surface area contributed by atoms with Gasteiger partial charge in [-0.15, -0.1) is 0 Å². The number of hydrogen-bond donors (Lipinski definition) is 2. The fourth-order valence-corrected chi connectivity index (χ4v) is 1.99. The molecule has 0 spiro atoms. The molecule has 0 aliphatic heterocycles. The van der Waals surface area contributed by atoms with Crippen LogP contribution in [-0.4, -0.2) is 25.5 Å². The highest BCUT2D eigenvalue weighted by atomic mass is 28.4. The molecule has 84 valence electrons. The minimum atomic E-state index is -4.10. The molecule has 0 unspecified atom stereocenters. The van der Waals surface area contributed by atoms with Crippen LogP contribution in [0.4, 0.5) is 13.2 Å². The molecule has 3 nitrogen and oxygen atoms in total. The summed E-state index contributed by atoms with van der Waals surface area (Å²) in [7, 11) is -3.08. The summed E-state index contributed by atoms with van der Waals surface area (Å²) in [6, 6.07) is 0.249. The normalized spacial score (nSPS) is 11.9. The Kier molecular flexibility index (Phi) is 3.50. The molecule has 0 aliphatic rings. The van der Waals surface area contributed by atoms with Gasteiger partial charge in [0.15, 0.2) is 0 Å². The Morgan fingerprint density at radius 3 is 2.07 bits per heavy atom. The molecule has 0 saturated carbocycles. The smallest absolute Gasteiger partial charge is 0.390 e. The zero-order chi connectivity index (χ0) is 11.6. The summed E-state index contributed by atoms with van der Waals surface area (Å²) >= 11 is 0. The molecule has 0 amide bonds. The molecule has 2 N–H and O–H groups in total. The van der Waals surface area contributed by atoms with Gasteiger partial charge in [-0.2, -0.15) is 0 Å². The average Bonchev–Trinajstić information content (AvgIpc) is 2.11. The summed E-state index contributed by atoms with van der Waals surface area (Å²) in [5.74, 6) is -3.39. The number of halogens is 3. The lowest BCUT2D eigenvalue weighted by molar-refractivity contribution is 0.182. The molecule has 7 heteroatoms. The topological polar surface area (TPSA) is 49.7 Å². The maximum Gasteiger partial charge on any atom is 0.500 e. The van der Waals surface area contributed by atoms with Gasteiger partial charge in [-0.05, 0) is 0 Å². The van der Waals surface area contributed by atoms with E-state index in [1.807, 2.05) is 0 Å². The van der Waals surface area contributed by atoms with Gasteiger partial charge in [-0.25, -0.2) is 13.2 Å². The Bertz CT molecular complexity index is 347. The van der Waals surface area contributed by atoms with Crippen LogP contribution in [0.2, 0.25) is 0 Å². The lowest BCUT2D eigenvalue weighted by Crippen LogP contribution is -2.41. The third kappa shape index (κ3) is 3.03. The van der Waals surface area contributed by atoms with Crippen LogP contribution >= 0.6 is 0 Å². The first-order chi connectivity index (χ1) is 6.85. The molecule has 0 radical (unpaired) electrons. The van der Waals surface area contributed by atoms with Crippen molar-refractivity contribution in [2.75, 3.05) is 7.11 Å². The lowest BCUT2D eigenvalue weighted by atomic mass is 10.2. The number of benzene rings is 1. The summed E-state index contributed by atoms with van der Waals surface area (Å²) in [6.45, 7) is 0. The summed E-state index contributed by atoms with van der Waals surface area (Å²) in [5.41, 5.74) is -0.588. The van der Waals surface area contributed by atoms with Crippen LogP contribution in [0.1, 0.15) is 5.56 Å². The minimum Gasteiger partial charge on any atom is -0.390 e. The second-order valence-corrected chi connectivity index (χ2v) is 5.22. The van der Waals surface area contributed by atoms with E-state index in [0.717, 1.165) is 7.11 Å².